The maximum atomic E-state index is 10.3. The lowest BCUT2D eigenvalue weighted by Gasteiger charge is -2.18. The molecule has 0 aromatic rings. The van der Waals surface area contributed by atoms with E-state index >= 15 is 0 Å². The predicted octanol–water partition coefficient (Wildman–Crippen LogP) is 6.80. The van der Waals surface area contributed by atoms with Gasteiger partial charge < -0.3 is 5.11 Å². The Hall–Kier alpha value is -0.610. The molecule has 27 heavy (non-hydrogen) atoms. The standard InChI is InChI=1S/C16H32O2.C7H18N2/c1-2-3-4-5-6-7-8-9-10-11-12-13-14-15-16(17)18;1-4-7-8-9(5-2)6-3/h2-15H2,1H3,(H,17,18);8H,4-7H2,1-3H3. The van der Waals surface area contributed by atoms with Gasteiger partial charge in [-0.25, -0.2) is 5.01 Å². The highest BCUT2D eigenvalue weighted by Gasteiger charge is 1.97. The van der Waals surface area contributed by atoms with Gasteiger partial charge in [-0.1, -0.05) is 105 Å². The van der Waals surface area contributed by atoms with Gasteiger partial charge in [0.2, 0.25) is 0 Å². The highest BCUT2D eigenvalue weighted by molar-refractivity contribution is 5.66. The molecule has 4 nitrogen and oxygen atoms in total. The van der Waals surface area contributed by atoms with Crippen LogP contribution in [0.15, 0.2) is 0 Å². The SMILES string of the molecule is CCCCCCCCCCCCCCCC(=O)O.CCCNN(CC)CC. The van der Waals surface area contributed by atoms with Crippen LogP contribution in [-0.4, -0.2) is 35.7 Å². The van der Waals surface area contributed by atoms with E-state index in [-0.39, 0.29) is 0 Å². The normalized spacial score (nSPS) is 10.7. The zero-order valence-corrected chi connectivity index (χ0v) is 19.0. The van der Waals surface area contributed by atoms with Gasteiger partial charge in [0, 0.05) is 26.1 Å². The fourth-order valence-corrected chi connectivity index (χ4v) is 3.01. The van der Waals surface area contributed by atoms with Crippen LogP contribution in [-0.2, 0) is 4.79 Å². The Bertz CT molecular complexity index is 282. The fraction of sp³-hybridized carbons (Fsp3) is 0.957. The van der Waals surface area contributed by atoms with Crippen molar-refractivity contribution in [3.8, 4) is 0 Å². The summed E-state index contributed by atoms with van der Waals surface area (Å²) >= 11 is 0. The van der Waals surface area contributed by atoms with Crippen LogP contribution in [0.4, 0.5) is 0 Å². The van der Waals surface area contributed by atoms with Gasteiger partial charge >= 0.3 is 5.97 Å². The molecule has 0 aliphatic heterocycles. The van der Waals surface area contributed by atoms with Crippen molar-refractivity contribution in [1.82, 2.24) is 10.4 Å². The molecule has 0 heterocycles. The number of hydrogen-bond donors (Lipinski definition) is 2. The number of nitrogens with zero attached hydrogens (tertiary/aromatic N) is 1. The first-order valence-electron chi connectivity index (χ1n) is 11.8. The lowest BCUT2D eigenvalue weighted by atomic mass is 10.0. The van der Waals surface area contributed by atoms with Crippen LogP contribution in [0.5, 0.6) is 0 Å². The molecule has 0 aromatic heterocycles. The predicted molar refractivity (Wildman–Crippen MR) is 119 cm³/mol. The highest BCUT2D eigenvalue weighted by atomic mass is 16.4. The summed E-state index contributed by atoms with van der Waals surface area (Å²) < 4.78 is 0. The third kappa shape index (κ3) is 27.7. The molecule has 4 heteroatoms. The van der Waals surface area contributed by atoms with Gasteiger partial charge in [-0.3, -0.25) is 10.2 Å². The minimum Gasteiger partial charge on any atom is -0.481 e. The van der Waals surface area contributed by atoms with Crippen LogP contribution in [0, 0.1) is 0 Å². The molecule has 0 bridgehead atoms. The molecule has 0 aliphatic carbocycles. The number of nitrogens with one attached hydrogen (secondary N) is 1. The average molecular weight is 387 g/mol. The van der Waals surface area contributed by atoms with Crippen LogP contribution in [0.2, 0.25) is 0 Å². The average Bonchev–Trinajstić information content (AvgIpc) is 2.66. The molecule has 0 aromatic carbocycles. The number of unbranched alkanes of at least 4 members (excludes halogenated alkanes) is 12. The van der Waals surface area contributed by atoms with E-state index < -0.39 is 5.97 Å². The van der Waals surface area contributed by atoms with Gasteiger partial charge in [0.1, 0.15) is 0 Å². The van der Waals surface area contributed by atoms with Gasteiger partial charge in [-0.05, 0) is 12.8 Å². The summed E-state index contributed by atoms with van der Waals surface area (Å²) in [6.45, 7) is 12.0. The quantitative estimate of drug-likeness (QED) is 0.189. The van der Waals surface area contributed by atoms with Crippen molar-refractivity contribution in [2.24, 2.45) is 0 Å². The van der Waals surface area contributed by atoms with Crippen LogP contribution < -0.4 is 5.43 Å². The molecule has 0 saturated heterocycles. The van der Waals surface area contributed by atoms with E-state index in [1.807, 2.05) is 0 Å². The monoisotopic (exact) mass is 386 g/mol. The number of aliphatic carboxylic acids is 1. The van der Waals surface area contributed by atoms with E-state index in [0.717, 1.165) is 32.5 Å². The molecule has 0 unspecified atom stereocenters. The Morgan fingerprint density at radius 2 is 1.07 bits per heavy atom. The molecule has 0 aliphatic rings. The summed E-state index contributed by atoms with van der Waals surface area (Å²) in [5.41, 5.74) is 3.30. The summed E-state index contributed by atoms with van der Waals surface area (Å²) in [5, 5.41) is 10.7. The van der Waals surface area contributed by atoms with Gasteiger partial charge in [0.15, 0.2) is 0 Å². The summed E-state index contributed by atoms with van der Waals surface area (Å²) in [6.07, 6.45) is 18.5. The first-order chi connectivity index (χ1) is 13.1. The zero-order chi connectivity index (χ0) is 20.6. The maximum Gasteiger partial charge on any atom is 0.303 e. The lowest BCUT2D eigenvalue weighted by molar-refractivity contribution is -0.137. The first-order valence-corrected chi connectivity index (χ1v) is 11.8. The molecule has 164 valence electrons. The van der Waals surface area contributed by atoms with Crippen LogP contribution in [0.3, 0.4) is 0 Å². The van der Waals surface area contributed by atoms with Crippen molar-refractivity contribution in [2.75, 3.05) is 19.6 Å². The molecule has 0 spiro atoms. The Balaban J connectivity index is 0. The van der Waals surface area contributed by atoms with Crippen LogP contribution in [0.1, 0.15) is 124 Å². The Morgan fingerprint density at radius 1 is 0.667 bits per heavy atom. The minimum atomic E-state index is -0.655. The number of carboxylic acids is 1. The lowest BCUT2D eigenvalue weighted by Crippen LogP contribution is -2.37. The fourth-order valence-electron chi connectivity index (χ4n) is 3.01. The summed E-state index contributed by atoms with van der Waals surface area (Å²) in [7, 11) is 0. The smallest absolute Gasteiger partial charge is 0.303 e. The zero-order valence-electron chi connectivity index (χ0n) is 19.0. The van der Waals surface area contributed by atoms with E-state index in [2.05, 4.69) is 38.1 Å². The van der Waals surface area contributed by atoms with Crippen molar-refractivity contribution in [2.45, 2.75) is 124 Å². The molecule has 0 saturated carbocycles. The van der Waals surface area contributed by atoms with E-state index in [1.54, 1.807) is 0 Å². The maximum absolute atomic E-state index is 10.3. The number of hydrazine groups is 1. The molecule has 0 radical (unpaired) electrons. The van der Waals surface area contributed by atoms with Crippen LogP contribution >= 0.6 is 0 Å². The molecule has 0 atom stereocenters. The van der Waals surface area contributed by atoms with Crippen molar-refractivity contribution < 1.29 is 9.90 Å². The summed E-state index contributed by atoms with van der Waals surface area (Å²) in [5.74, 6) is -0.655. The third-order valence-corrected chi connectivity index (χ3v) is 4.84. The Morgan fingerprint density at radius 3 is 1.41 bits per heavy atom. The second-order valence-corrected chi connectivity index (χ2v) is 7.47. The van der Waals surface area contributed by atoms with E-state index in [1.165, 1.54) is 77.0 Å². The first kappa shape index (κ1) is 28.6. The minimum absolute atomic E-state index is 0.345. The number of hydrogen-bond acceptors (Lipinski definition) is 3. The Kier molecular flexibility index (Phi) is 26.9. The third-order valence-electron chi connectivity index (χ3n) is 4.84. The van der Waals surface area contributed by atoms with E-state index in [0.29, 0.717) is 6.42 Å². The number of carboxylic acid groups (broad SMARTS) is 1. The number of carbonyl (C=O) groups is 1. The van der Waals surface area contributed by atoms with Gasteiger partial charge in [0.05, 0.1) is 0 Å². The van der Waals surface area contributed by atoms with E-state index in [9.17, 15) is 4.79 Å². The van der Waals surface area contributed by atoms with Gasteiger partial charge in [0.25, 0.3) is 0 Å². The molecule has 0 rings (SSSR count). The molecule has 0 fully saturated rings. The van der Waals surface area contributed by atoms with Crippen molar-refractivity contribution in [1.29, 1.82) is 0 Å². The van der Waals surface area contributed by atoms with E-state index in [4.69, 9.17) is 5.11 Å². The number of rotatable bonds is 19. The van der Waals surface area contributed by atoms with Crippen LogP contribution in [0.25, 0.3) is 0 Å². The van der Waals surface area contributed by atoms with Gasteiger partial charge in [-0.15, -0.1) is 0 Å². The topological polar surface area (TPSA) is 52.6 Å². The molecule has 0 amide bonds. The van der Waals surface area contributed by atoms with Crippen molar-refractivity contribution >= 4 is 5.97 Å². The summed E-state index contributed by atoms with van der Waals surface area (Å²) in [4.78, 5) is 10.3. The molecular weight excluding hydrogens is 336 g/mol. The Labute approximate surface area is 170 Å². The summed E-state index contributed by atoms with van der Waals surface area (Å²) in [6, 6.07) is 0. The van der Waals surface area contributed by atoms with Crippen molar-refractivity contribution in [3.63, 3.8) is 0 Å². The second kappa shape index (κ2) is 25.4. The van der Waals surface area contributed by atoms with Crippen molar-refractivity contribution in [3.05, 3.63) is 0 Å². The molecule has 2 N–H and O–H groups in total. The molecular formula is C23H50N2O2. The second-order valence-electron chi connectivity index (χ2n) is 7.47. The largest absolute Gasteiger partial charge is 0.481 e. The highest BCUT2D eigenvalue weighted by Crippen LogP contribution is 2.12. The van der Waals surface area contributed by atoms with Gasteiger partial charge in [-0.2, -0.15) is 0 Å².